The third-order valence-electron chi connectivity index (χ3n) is 4.21. The average molecular weight is 277 g/mol. The van der Waals surface area contributed by atoms with Crippen LogP contribution in [0, 0.1) is 0 Å². The summed E-state index contributed by atoms with van der Waals surface area (Å²) in [6.45, 7) is 8.86. The van der Waals surface area contributed by atoms with Crippen molar-refractivity contribution >= 4 is 0 Å². The summed E-state index contributed by atoms with van der Waals surface area (Å²) in [6.07, 6.45) is 3.37. The van der Waals surface area contributed by atoms with Crippen LogP contribution in [0.5, 0.6) is 5.75 Å². The zero-order valence-corrected chi connectivity index (χ0v) is 12.9. The Labute approximate surface area is 122 Å². The summed E-state index contributed by atoms with van der Waals surface area (Å²) < 4.78 is 5.74. The van der Waals surface area contributed by atoms with E-state index in [2.05, 4.69) is 17.9 Å². The summed E-state index contributed by atoms with van der Waals surface area (Å²) in [7, 11) is 0. The highest BCUT2D eigenvalue weighted by Gasteiger charge is 2.24. The SMILES string of the molecule is CCOc1ccc(C(C)O)cc1CN1CCCC1CC. The molecule has 1 aliphatic rings. The predicted molar refractivity (Wildman–Crippen MR) is 82.0 cm³/mol. The summed E-state index contributed by atoms with van der Waals surface area (Å²) in [5.41, 5.74) is 2.17. The monoisotopic (exact) mass is 277 g/mol. The maximum Gasteiger partial charge on any atom is 0.123 e. The molecule has 0 radical (unpaired) electrons. The summed E-state index contributed by atoms with van der Waals surface area (Å²) in [5, 5.41) is 9.77. The topological polar surface area (TPSA) is 32.7 Å². The van der Waals surface area contributed by atoms with Crippen molar-refractivity contribution in [3.05, 3.63) is 29.3 Å². The van der Waals surface area contributed by atoms with Crippen molar-refractivity contribution in [2.45, 2.75) is 58.7 Å². The lowest BCUT2D eigenvalue weighted by Crippen LogP contribution is -2.28. The van der Waals surface area contributed by atoms with Crippen LogP contribution < -0.4 is 4.74 Å². The number of hydrogen-bond acceptors (Lipinski definition) is 3. The van der Waals surface area contributed by atoms with Gasteiger partial charge >= 0.3 is 0 Å². The van der Waals surface area contributed by atoms with Crippen LogP contribution in [0.15, 0.2) is 18.2 Å². The molecular formula is C17H27NO2. The molecule has 1 heterocycles. The van der Waals surface area contributed by atoms with Gasteiger partial charge in [0.2, 0.25) is 0 Å². The second-order valence-corrected chi connectivity index (χ2v) is 5.65. The van der Waals surface area contributed by atoms with Gasteiger partial charge in [-0.15, -0.1) is 0 Å². The van der Waals surface area contributed by atoms with Gasteiger partial charge in [-0.1, -0.05) is 13.0 Å². The normalized spacial score (nSPS) is 21.1. The molecule has 1 aromatic carbocycles. The van der Waals surface area contributed by atoms with Crippen LogP contribution in [-0.2, 0) is 6.54 Å². The molecule has 1 aliphatic heterocycles. The Bertz CT molecular complexity index is 431. The molecule has 0 spiro atoms. The molecule has 0 aromatic heterocycles. The molecule has 3 heteroatoms. The molecule has 2 rings (SSSR count). The molecule has 1 fully saturated rings. The molecule has 0 aliphatic carbocycles. The Hall–Kier alpha value is -1.06. The van der Waals surface area contributed by atoms with Crippen LogP contribution in [0.1, 0.15) is 57.3 Å². The number of nitrogens with zero attached hydrogens (tertiary/aromatic N) is 1. The maximum absolute atomic E-state index is 9.77. The number of benzene rings is 1. The Morgan fingerprint density at radius 1 is 1.40 bits per heavy atom. The number of aliphatic hydroxyl groups excluding tert-OH is 1. The van der Waals surface area contributed by atoms with Crippen molar-refractivity contribution in [3.8, 4) is 5.75 Å². The van der Waals surface area contributed by atoms with Gasteiger partial charge in [-0.25, -0.2) is 0 Å². The number of ether oxygens (including phenoxy) is 1. The van der Waals surface area contributed by atoms with Crippen LogP contribution in [0.3, 0.4) is 0 Å². The standard InChI is InChI=1S/C17H27NO2/c1-4-16-7-6-10-18(16)12-15-11-14(13(3)19)8-9-17(15)20-5-2/h8-9,11,13,16,19H,4-7,10,12H2,1-3H3. The number of rotatable bonds is 6. The second-order valence-electron chi connectivity index (χ2n) is 5.65. The lowest BCUT2D eigenvalue weighted by Gasteiger charge is -2.25. The molecule has 1 N–H and O–H groups in total. The van der Waals surface area contributed by atoms with Gasteiger partial charge < -0.3 is 9.84 Å². The highest BCUT2D eigenvalue weighted by atomic mass is 16.5. The largest absolute Gasteiger partial charge is 0.494 e. The van der Waals surface area contributed by atoms with E-state index in [0.29, 0.717) is 12.6 Å². The maximum atomic E-state index is 9.77. The van der Waals surface area contributed by atoms with Gasteiger partial charge in [-0.3, -0.25) is 4.90 Å². The van der Waals surface area contributed by atoms with Gasteiger partial charge in [-0.2, -0.15) is 0 Å². The molecule has 2 unspecified atom stereocenters. The van der Waals surface area contributed by atoms with Crippen molar-refractivity contribution in [1.82, 2.24) is 4.90 Å². The Kier molecular flexibility index (Phi) is 5.44. The van der Waals surface area contributed by atoms with E-state index in [9.17, 15) is 5.11 Å². The van der Waals surface area contributed by atoms with Gasteiger partial charge in [0.25, 0.3) is 0 Å². The molecular weight excluding hydrogens is 250 g/mol. The van der Waals surface area contributed by atoms with Gasteiger partial charge in [0.15, 0.2) is 0 Å². The Morgan fingerprint density at radius 2 is 2.20 bits per heavy atom. The van der Waals surface area contributed by atoms with Crippen molar-refractivity contribution in [1.29, 1.82) is 0 Å². The first kappa shape index (κ1) is 15.3. The smallest absolute Gasteiger partial charge is 0.123 e. The molecule has 20 heavy (non-hydrogen) atoms. The summed E-state index contributed by atoms with van der Waals surface area (Å²) >= 11 is 0. The van der Waals surface area contributed by atoms with Crippen LogP contribution in [0.2, 0.25) is 0 Å². The quantitative estimate of drug-likeness (QED) is 0.863. The molecule has 112 valence electrons. The number of hydrogen-bond donors (Lipinski definition) is 1. The molecule has 0 amide bonds. The van der Waals surface area contributed by atoms with Gasteiger partial charge in [0.05, 0.1) is 12.7 Å². The highest BCUT2D eigenvalue weighted by Crippen LogP contribution is 2.28. The number of likely N-dealkylation sites (tertiary alicyclic amines) is 1. The van der Waals surface area contributed by atoms with E-state index < -0.39 is 6.10 Å². The van der Waals surface area contributed by atoms with Crippen molar-refractivity contribution in [2.24, 2.45) is 0 Å². The molecule has 3 nitrogen and oxygen atoms in total. The van der Waals surface area contributed by atoms with E-state index in [1.807, 2.05) is 26.0 Å². The lowest BCUT2D eigenvalue weighted by atomic mass is 10.0. The van der Waals surface area contributed by atoms with E-state index in [0.717, 1.165) is 17.9 Å². The molecule has 1 aromatic rings. The fourth-order valence-electron chi connectivity index (χ4n) is 3.06. The van der Waals surface area contributed by atoms with Crippen LogP contribution >= 0.6 is 0 Å². The highest BCUT2D eigenvalue weighted by molar-refractivity contribution is 5.38. The lowest BCUT2D eigenvalue weighted by molar-refractivity contribution is 0.198. The van der Waals surface area contributed by atoms with E-state index >= 15 is 0 Å². The fourth-order valence-corrected chi connectivity index (χ4v) is 3.06. The van der Waals surface area contributed by atoms with Gasteiger partial charge in [0, 0.05) is 18.2 Å². The minimum atomic E-state index is -0.426. The number of aliphatic hydroxyl groups is 1. The Morgan fingerprint density at radius 3 is 2.85 bits per heavy atom. The first-order valence-electron chi connectivity index (χ1n) is 7.83. The van der Waals surface area contributed by atoms with Gasteiger partial charge in [0.1, 0.15) is 5.75 Å². The van der Waals surface area contributed by atoms with Crippen LogP contribution in [-0.4, -0.2) is 29.2 Å². The van der Waals surface area contributed by atoms with Crippen molar-refractivity contribution in [3.63, 3.8) is 0 Å². The average Bonchev–Trinajstić information content (AvgIpc) is 2.88. The third kappa shape index (κ3) is 3.53. The van der Waals surface area contributed by atoms with E-state index in [1.165, 1.54) is 31.4 Å². The van der Waals surface area contributed by atoms with E-state index in [-0.39, 0.29) is 0 Å². The van der Waals surface area contributed by atoms with E-state index in [1.54, 1.807) is 0 Å². The molecule has 0 saturated carbocycles. The van der Waals surface area contributed by atoms with Gasteiger partial charge in [-0.05, 0) is 57.4 Å². The van der Waals surface area contributed by atoms with Crippen molar-refractivity contribution in [2.75, 3.05) is 13.2 Å². The zero-order valence-electron chi connectivity index (χ0n) is 12.9. The van der Waals surface area contributed by atoms with Crippen LogP contribution in [0.4, 0.5) is 0 Å². The van der Waals surface area contributed by atoms with E-state index in [4.69, 9.17) is 4.74 Å². The first-order chi connectivity index (χ1) is 9.65. The zero-order chi connectivity index (χ0) is 14.5. The summed E-state index contributed by atoms with van der Waals surface area (Å²) in [4.78, 5) is 2.55. The minimum Gasteiger partial charge on any atom is -0.494 e. The molecule has 0 bridgehead atoms. The molecule has 2 atom stereocenters. The fraction of sp³-hybridized carbons (Fsp3) is 0.647. The van der Waals surface area contributed by atoms with Crippen LogP contribution in [0.25, 0.3) is 0 Å². The second kappa shape index (κ2) is 7.09. The minimum absolute atomic E-state index is 0.426. The summed E-state index contributed by atoms with van der Waals surface area (Å²) in [6, 6.07) is 6.75. The molecule has 1 saturated heterocycles. The van der Waals surface area contributed by atoms with Crippen molar-refractivity contribution < 1.29 is 9.84 Å². The third-order valence-corrected chi connectivity index (χ3v) is 4.21. The predicted octanol–water partition coefficient (Wildman–Crippen LogP) is 3.51. The first-order valence-corrected chi connectivity index (χ1v) is 7.83. The Balaban J connectivity index is 2.20. The summed E-state index contributed by atoms with van der Waals surface area (Å²) in [5.74, 6) is 0.957.